The average Bonchev–Trinajstić information content (AvgIpc) is 2.76. The van der Waals surface area contributed by atoms with Crippen LogP contribution in [0.3, 0.4) is 0 Å². The predicted molar refractivity (Wildman–Crippen MR) is 110 cm³/mol. The lowest BCUT2D eigenvalue weighted by molar-refractivity contribution is 0.102. The summed E-state index contributed by atoms with van der Waals surface area (Å²) in [7, 11) is 0. The van der Waals surface area contributed by atoms with Crippen LogP contribution in [0.15, 0.2) is 61.1 Å². The van der Waals surface area contributed by atoms with Gasteiger partial charge in [0.1, 0.15) is 17.3 Å². The number of aryl methyl sites for hydroxylation is 1. The van der Waals surface area contributed by atoms with E-state index in [1.165, 1.54) is 6.20 Å². The van der Waals surface area contributed by atoms with Gasteiger partial charge >= 0.3 is 0 Å². The van der Waals surface area contributed by atoms with Crippen molar-refractivity contribution in [3.8, 4) is 0 Å². The quantitative estimate of drug-likeness (QED) is 0.757. The second kappa shape index (κ2) is 8.04. The summed E-state index contributed by atoms with van der Waals surface area (Å²) in [5.41, 5.74) is 2.09. The molecule has 142 valence electrons. The number of carbonyl (C=O) groups is 1. The number of amides is 1. The van der Waals surface area contributed by atoms with Crippen molar-refractivity contribution in [2.75, 3.05) is 41.3 Å². The molecule has 0 bridgehead atoms. The average molecular weight is 374 g/mol. The predicted octanol–water partition coefficient (Wildman–Crippen LogP) is 2.76. The molecule has 1 aliphatic rings. The first-order chi connectivity index (χ1) is 13.7. The van der Waals surface area contributed by atoms with Gasteiger partial charge in [0, 0.05) is 38.1 Å². The first-order valence-corrected chi connectivity index (χ1v) is 9.31. The monoisotopic (exact) mass is 374 g/mol. The topological polar surface area (TPSA) is 74.2 Å². The fraction of sp³-hybridized carbons (Fsp3) is 0.238. The van der Waals surface area contributed by atoms with Crippen LogP contribution in [0.5, 0.6) is 0 Å². The molecule has 3 aromatic rings. The third-order valence-electron chi connectivity index (χ3n) is 4.84. The van der Waals surface area contributed by atoms with Gasteiger partial charge in [-0.2, -0.15) is 0 Å². The number of hydrogen-bond donors (Lipinski definition) is 1. The molecule has 0 saturated carbocycles. The molecule has 1 aliphatic heterocycles. The Labute approximate surface area is 164 Å². The number of para-hydroxylation sites is 1. The molecule has 1 amide bonds. The smallest absolute Gasteiger partial charge is 0.275 e. The molecular formula is C21H22N6O. The maximum absolute atomic E-state index is 12.4. The molecule has 0 radical (unpaired) electrons. The van der Waals surface area contributed by atoms with Crippen LogP contribution in [0, 0.1) is 6.92 Å². The van der Waals surface area contributed by atoms with Crippen LogP contribution >= 0.6 is 0 Å². The van der Waals surface area contributed by atoms with Gasteiger partial charge in [-0.25, -0.2) is 15.0 Å². The second-order valence-electron chi connectivity index (χ2n) is 6.69. The molecule has 7 heteroatoms. The van der Waals surface area contributed by atoms with E-state index in [1.54, 1.807) is 6.20 Å². The molecule has 0 atom stereocenters. The number of benzene rings is 1. The summed E-state index contributed by atoms with van der Waals surface area (Å²) >= 11 is 0. The maximum atomic E-state index is 12.4. The van der Waals surface area contributed by atoms with Crippen LogP contribution in [-0.2, 0) is 0 Å². The number of carbonyl (C=O) groups excluding carboxylic acids is 1. The van der Waals surface area contributed by atoms with E-state index >= 15 is 0 Å². The van der Waals surface area contributed by atoms with Crippen LogP contribution in [0.2, 0.25) is 0 Å². The highest BCUT2D eigenvalue weighted by atomic mass is 16.1. The van der Waals surface area contributed by atoms with Gasteiger partial charge in [0.05, 0.1) is 12.4 Å². The summed E-state index contributed by atoms with van der Waals surface area (Å²) < 4.78 is 0. The highest BCUT2D eigenvalue weighted by Gasteiger charge is 2.19. The van der Waals surface area contributed by atoms with Crippen molar-refractivity contribution >= 4 is 23.2 Å². The van der Waals surface area contributed by atoms with E-state index in [1.807, 2.05) is 55.6 Å². The number of nitrogens with one attached hydrogen (secondary N) is 1. The van der Waals surface area contributed by atoms with E-state index < -0.39 is 0 Å². The van der Waals surface area contributed by atoms with E-state index in [0.29, 0.717) is 5.69 Å². The van der Waals surface area contributed by atoms with Crippen molar-refractivity contribution < 1.29 is 4.79 Å². The Hall–Kier alpha value is -3.48. The summed E-state index contributed by atoms with van der Waals surface area (Å²) in [6.45, 7) is 5.36. The number of nitrogens with zero attached hydrogens (tertiary/aromatic N) is 5. The Bertz CT molecular complexity index is 937. The molecule has 1 N–H and O–H groups in total. The first-order valence-electron chi connectivity index (χ1n) is 9.31. The zero-order valence-corrected chi connectivity index (χ0v) is 15.7. The van der Waals surface area contributed by atoms with Crippen LogP contribution in [0.1, 0.15) is 16.1 Å². The summed E-state index contributed by atoms with van der Waals surface area (Å²) in [5.74, 6) is 1.53. The minimum Gasteiger partial charge on any atom is -0.353 e. The third-order valence-corrected chi connectivity index (χ3v) is 4.84. The number of piperazine rings is 1. The normalized spacial score (nSPS) is 14.0. The molecule has 0 aliphatic carbocycles. The van der Waals surface area contributed by atoms with Gasteiger partial charge < -0.3 is 15.1 Å². The maximum Gasteiger partial charge on any atom is 0.275 e. The van der Waals surface area contributed by atoms with Gasteiger partial charge in [-0.05, 0) is 30.7 Å². The SMILES string of the molecule is Cc1ccccc1NC(=O)c1cnc(N2CCN(c3ccccn3)CC2)cn1. The lowest BCUT2D eigenvalue weighted by Crippen LogP contribution is -2.47. The zero-order valence-electron chi connectivity index (χ0n) is 15.7. The minimum absolute atomic E-state index is 0.256. The van der Waals surface area contributed by atoms with E-state index in [2.05, 4.69) is 30.1 Å². The molecule has 7 nitrogen and oxygen atoms in total. The number of pyridine rings is 1. The van der Waals surface area contributed by atoms with Crippen LogP contribution in [0.4, 0.5) is 17.3 Å². The summed E-state index contributed by atoms with van der Waals surface area (Å²) in [4.78, 5) is 30.0. The Morgan fingerprint density at radius 3 is 2.21 bits per heavy atom. The molecule has 28 heavy (non-hydrogen) atoms. The molecule has 3 heterocycles. The van der Waals surface area contributed by atoms with E-state index in [4.69, 9.17) is 0 Å². The zero-order chi connectivity index (χ0) is 19.3. The van der Waals surface area contributed by atoms with Crippen molar-refractivity contribution in [1.29, 1.82) is 0 Å². The number of anilines is 3. The van der Waals surface area contributed by atoms with E-state index in [9.17, 15) is 4.79 Å². The van der Waals surface area contributed by atoms with Gasteiger partial charge in [-0.1, -0.05) is 24.3 Å². The van der Waals surface area contributed by atoms with Gasteiger partial charge in [0.15, 0.2) is 0 Å². The minimum atomic E-state index is -0.256. The van der Waals surface area contributed by atoms with Crippen molar-refractivity contribution in [3.63, 3.8) is 0 Å². The largest absolute Gasteiger partial charge is 0.353 e. The number of rotatable bonds is 4. The number of hydrogen-bond acceptors (Lipinski definition) is 6. The van der Waals surface area contributed by atoms with Gasteiger partial charge in [0.25, 0.3) is 5.91 Å². The molecule has 0 unspecified atom stereocenters. The van der Waals surface area contributed by atoms with Crippen molar-refractivity contribution in [3.05, 3.63) is 72.3 Å². The number of aromatic nitrogens is 3. The Morgan fingerprint density at radius 1 is 0.857 bits per heavy atom. The fourth-order valence-corrected chi connectivity index (χ4v) is 3.21. The molecule has 1 aromatic carbocycles. The Kier molecular flexibility index (Phi) is 5.14. The van der Waals surface area contributed by atoms with Crippen LogP contribution < -0.4 is 15.1 Å². The fourth-order valence-electron chi connectivity index (χ4n) is 3.21. The highest BCUT2D eigenvalue weighted by molar-refractivity contribution is 6.03. The molecule has 0 spiro atoms. The standard InChI is InChI=1S/C21H22N6O/c1-16-6-2-3-7-17(16)25-21(28)18-14-24-20(15-23-18)27-12-10-26(11-13-27)19-8-4-5-9-22-19/h2-9,14-15H,10-13H2,1H3,(H,25,28). The molecule has 2 aromatic heterocycles. The van der Waals surface area contributed by atoms with Gasteiger partial charge in [-0.15, -0.1) is 0 Å². The van der Waals surface area contributed by atoms with Crippen molar-refractivity contribution in [2.45, 2.75) is 6.92 Å². The summed E-state index contributed by atoms with van der Waals surface area (Å²) in [5, 5.41) is 2.88. The first kappa shape index (κ1) is 17.9. The van der Waals surface area contributed by atoms with E-state index in [0.717, 1.165) is 49.1 Å². The van der Waals surface area contributed by atoms with Gasteiger partial charge in [0.2, 0.25) is 0 Å². The lowest BCUT2D eigenvalue weighted by atomic mass is 10.2. The van der Waals surface area contributed by atoms with Crippen molar-refractivity contribution in [1.82, 2.24) is 15.0 Å². The van der Waals surface area contributed by atoms with E-state index in [-0.39, 0.29) is 5.91 Å². The van der Waals surface area contributed by atoms with Crippen LogP contribution in [-0.4, -0.2) is 47.0 Å². The summed E-state index contributed by atoms with van der Waals surface area (Å²) in [6, 6.07) is 13.6. The highest BCUT2D eigenvalue weighted by Crippen LogP contribution is 2.17. The summed E-state index contributed by atoms with van der Waals surface area (Å²) in [6.07, 6.45) is 5.02. The second-order valence-corrected chi connectivity index (χ2v) is 6.69. The van der Waals surface area contributed by atoms with Crippen LogP contribution in [0.25, 0.3) is 0 Å². The Balaban J connectivity index is 1.37. The lowest BCUT2D eigenvalue weighted by Gasteiger charge is -2.35. The molecule has 1 fully saturated rings. The van der Waals surface area contributed by atoms with Gasteiger partial charge in [-0.3, -0.25) is 4.79 Å². The van der Waals surface area contributed by atoms with Crippen molar-refractivity contribution in [2.24, 2.45) is 0 Å². The molecule has 4 rings (SSSR count). The molecule has 1 saturated heterocycles. The molecular weight excluding hydrogens is 352 g/mol. The third kappa shape index (κ3) is 3.93. The Morgan fingerprint density at radius 2 is 1.57 bits per heavy atom.